The lowest BCUT2D eigenvalue weighted by Gasteiger charge is -2.25. The summed E-state index contributed by atoms with van der Waals surface area (Å²) in [6.07, 6.45) is -9.65. The van der Waals surface area contributed by atoms with Gasteiger partial charge in [-0.15, -0.1) is 11.8 Å². The van der Waals surface area contributed by atoms with Crippen molar-refractivity contribution in [2.24, 2.45) is 15.4 Å². The Morgan fingerprint density at radius 2 is 1.93 bits per heavy atom. The fourth-order valence-corrected chi connectivity index (χ4v) is 3.53. The molecule has 0 spiro atoms. The third-order valence-electron chi connectivity index (χ3n) is 3.94. The summed E-state index contributed by atoms with van der Waals surface area (Å²) in [5.41, 5.74) is -3.67. The number of halogens is 6. The molecular weight excluding hydrogens is 392 g/mol. The van der Waals surface area contributed by atoms with E-state index in [1.165, 1.54) is 17.8 Å². The van der Waals surface area contributed by atoms with Gasteiger partial charge in [0.25, 0.3) is 0 Å². The van der Waals surface area contributed by atoms with E-state index in [0.29, 0.717) is 5.75 Å². The second-order valence-electron chi connectivity index (χ2n) is 6.16. The Hall–Kier alpha value is -2.02. The van der Waals surface area contributed by atoms with E-state index in [1.54, 1.807) is 13.8 Å². The molecule has 0 fully saturated rings. The number of benzene rings is 1. The van der Waals surface area contributed by atoms with Crippen molar-refractivity contribution in [3.05, 3.63) is 35.2 Å². The fourth-order valence-electron chi connectivity index (χ4n) is 2.60. The first-order chi connectivity index (χ1) is 12.4. The maximum atomic E-state index is 13.1. The van der Waals surface area contributed by atoms with Crippen LogP contribution in [0.2, 0.25) is 0 Å². The molecule has 0 unspecified atom stereocenters. The standard InChI is InChI=1S/C17H15F6N3S/c1-4-27-14(15(2)8-13(25-9-15)17(21,22)23)26-10-5-6-12(24-3)11(7-10)16(18,19)20/h5-7H,4,8-9H2,1-2H3/t15-/m0/s1. The second kappa shape index (κ2) is 7.54. The van der Waals surface area contributed by atoms with Gasteiger partial charge in [-0.25, -0.2) is 9.84 Å². The van der Waals surface area contributed by atoms with E-state index >= 15 is 0 Å². The van der Waals surface area contributed by atoms with Gasteiger partial charge < -0.3 is 0 Å². The highest BCUT2D eigenvalue weighted by Gasteiger charge is 2.46. The Morgan fingerprint density at radius 1 is 1.26 bits per heavy atom. The molecule has 0 amide bonds. The van der Waals surface area contributed by atoms with Crippen LogP contribution >= 0.6 is 11.8 Å². The van der Waals surface area contributed by atoms with Gasteiger partial charge in [-0.3, -0.25) is 4.99 Å². The number of thioether (sulfide) groups is 1. The summed E-state index contributed by atoms with van der Waals surface area (Å²) >= 11 is 1.17. The molecule has 0 bridgehead atoms. The van der Waals surface area contributed by atoms with Crippen LogP contribution in [-0.2, 0) is 6.18 Å². The lowest BCUT2D eigenvalue weighted by molar-refractivity contribution is -0.136. The maximum Gasteiger partial charge on any atom is 0.429 e. The van der Waals surface area contributed by atoms with Crippen LogP contribution in [0.25, 0.3) is 4.85 Å². The Kier molecular flexibility index (Phi) is 5.94. The molecule has 0 saturated heterocycles. The van der Waals surface area contributed by atoms with Gasteiger partial charge in [0.05, 0.1) is 29.4 Å². The minimum atomic E-state index is -4.73. The first-order valence-electron chi connectivity index (χ1n) is 7.82. The van der Waals surface area contributed by atoms with Gasteiger partial charge in [-0.05, 0) is 17.9 Å². The Labute approximate surface area is 156 Å². The molecular formula is C17H15F6N3S. The number of rotatable bonds is 3. The predicted molar refractivity (Wildman–Crippen MR) is 94.0 cm³/mol. The molecule has 2 rings (SSSR count). The quantitative estimate of drug-likeness (QED) is 0.245. The molecule has 0 radical (unpaired) electrons. The van der Waals surface area contributed by atoms with Crippen molar-refractivity contribution in [2.75, 3.05) is 12.3 Å². The van der Waals surface area contributed by atoms with Crippen LogP contribution in [0.4, 0.5) is 37.7 Å². The number of hydrogen-bond acceptors (Lipinski definition) is 3. The van der Waals surface area contributed by atoms with E-state index in [-0.39, 0.29) is 23.7 Å². The van der Waals surface area contributed by atoms with Crippen molar-refractivity contribution in [1.82, 2.24) is 0 Å². The van der Waals surface area contributed by atoms with Gasteiger partial charge >= 0.3 is 12.4 Å². The van der Waals surface area contributed by atoms with Gasteiger partial charge in [0.15, 0.2) is 5.69 Å². The van der Waals surface area contributed by atoms with E-state index < -0.39 is 34.7 Å². The maximum absolute atomic E-state index is 13.1. The molecule has 0 aliphatic carbocycles. The molecule has 1 atom stereocenters. The average Bonchev–Trinajstić information content (AvgIpc) is 2.97. The van der Waals surface area contributed by atoms with Crippen LogP contribution in [0.15, 0.2) is 28.2 Å². The molecule has 1 aliphatic heterocycles. The number of aliphatic imine (C=N–C) groups is 2. The van der Waals surface area contributed by atoms with Crippen molar-refractivity contribution >= 4 is 33.9 Å². The molecule has 0 N–H and O–H groups in total. The summed E-state index contributed by atoms with van der Waals surface area (Å²) < 4.78 is 78.1. The van der Waals surface area contributed by atoms with Crippen molar-refractivity contribution in [3.8, 4) is 0 Å². The van der Waals surface area contributed by atoms with Gasteiger partial charge in [-0.2, -0.15) is 26.3 Å². The highest BCUT2D eigenvalue weighted by atomic mass is 32.2. The summed E-state index contributed by atoms with van der Waals surface area (Å²) in [6.45, 7) is 10.1. The SMILES string of the molecule is [C-]#[N+]c1ccc(N=C(SCC)[C@]2(C)CN=C(C(F)(F)F)C2)cc1C(F)(F)F. The third-order valence-corrected chi connectivity index (χ3v) is 5.08. The first-order valence-corrected chi connectivity index (χ1v) is 8.80. The van der Waals surface area contributed by atoms with Gasteiger partial charge in [-0.1, -0.05) is 19.9 Å². The average molecular weight is 407 g/mol. The molecule has 1 aromatic carbocycles. The minimum Gasteiger partial charge on any atom is -0.284 e. The van der Waals surface area contributed by atoms with Gasteiger partial charge in [0.2, 0.25) is 0 Å². The Bertz CT molecular complexity index is 819. The molecule has 1 aromatic rings. The molecule has 1 aliphatic rings. The molecule has 146 valence electrons. The molecule has 1 heterocycles. The first kappa shape index (κ1) is 21.3. The molecule has 27 heavy (non-hydrogen) atoms. The van der Waals surface area contributed by atoms with Crippen LogP contribution in [0.5, 0.6) is 0 Å². The Morgan fingerprint density at radius 3 is 2.41 bits per heavy atom. The summed E-state index contributed by atoms with van der Waals surface area (Å²) in [5.74, 6) is 0.488. The van der Waals surface area contributed by atoms with E-state index in [1.807, 2.05) is 0 Å². The topological polar surface area (TPSA) is 29.1 Å². The summed E-state index contributed by atoms with van der Waals surface area (Å²) in [4.78, 5) is 10.6. The second-order valence-corrected chi connectivity index (χ2v) is 7.41. The largest absolute Gasteiger partial charge is 0.429 e. The highest BCUT2D eigenvalue weighted by molar-refractivity contribution is 8.14. The van der Waals surface area contributed by atoms with Crippen molar-refractivity contribution in [3.63, 3.8) is 0 Å². The monoisotopic (exact) mass is 407 g/mol. The minimum absolute atomic E-state index is 0.0626. The zero-order chi connectivity index (χ0) is 20.5. The number of hydrogen-bond donors (Lipinski definition) is 0. The Balaban J connectivity index is 2.44. The van der Waals surface area contributed by atoms with Crippen LogP contribution in [0, 0.1) is 12.0 Å². The smallest absolute Gasteiger partial charge is 0.284 e. The van der Waals surface area contributed by atoms with E-state index in [2.05, 4.69) is 14.8 Å². The molecule has 0 aromatic heterocycles. The van der Waals surface area contributed by atoms with Crippen molar-refractivity contribution in [1.29, 1.82) is 0 Å². The molecule has 0 saturated carbocycles. The number of alkyl halides is 6. The summed E-state index contributed by atoms with van der Waals surface area (Å²) in [6, 6.07) is 3.01. The van der Waals surface area contributed by atoms with Crippen LogP contribution < -0.4 is 0 Å². The third kappa shape index (κ3) is 4.83. The highest BCUT2D eigenvalue weighted by Crippen LogP contribution is 2.42. The van der Waals surface area contributed by atoms with E-state index in [9.17, 15) is 26.3 Å². The normalized spacial score (nSPS) is 21.1. The number of nitrogens with zero attached hydrogens (tertiary/aromatic N) is 3. The van der Waals surface area contributed by atoms with Crippen molar-refractivity contribution < 1.29 is 26.3 Å². The van der Waals surface area contributed by atoms with Crippen LogP contribution in [0.3, 0.4) is 0 Å². The van der Waals surface area contributed by atoms with Crippen molar-refractivity contribution in [2.45, 2.75) is 32.6 Å². The summed E-state index contributed by atoms with van der Waals surface area (Å²) in [5, 5.41) is 0.289. The lowest BCUT2D eigenvalue weighted by atomic mass is 9.88. The van der Waals surface area contributed by atoms with Gasteiger partial charge in [0, 0.05) is 11.8 Å². The zero-order valence-electron chi connectivity index (χ0n) is 14.4. The summed E-state index contributed by atoms with van der Waals surface area (Å²) in [7, 11) is 0. The predicted octanol–water partition coefficient (Wildman–Crippen LogP) is 6.45. The molecule has 10 heteroatoms. The zero-order valence-corrected chi connectivity index (χ0v) is 15.2. The van der Waals surface area contributed by atoms with Gasteiger partial charge in [0.1, 0.15) is 5.71 Å². The van der Waals surface area contributed by atoms with Crippen LogP contribution in [-0.4, -0.2) is 29.2 Å². The lowest BCUT2D eigenvalue weighted by Crippen LogP contribution is -2.30. The fraction of sp³-hybridized carbons (Fsp3) is 0.471. The van der Waals surface area contributed by atoms with E-state index in [0.717, 1.165) is 12.1 Å². The van der Waals surface area contributed by atoms with Crippen LogP contribution in [0.1, 0.15) is 25.8 Å². The van der Waals surface area contributed by atoms with E-state index in [4.69, 9.17) is 6.57 Å². The molecule has 3 nitrogen and oxygen atoms in total.